The predicted octanol–water partition coefficient (Wildman–Crippen LogP) is 6.48. The van der Waals surface area contributed by atoms with E-state index in [0.29, 0.717) is 17.3 Å². The van der Waals surface area contributed by atoms with E-state index in [9.17, 15) is 9.18 Å². The third-order valence-corrected chi connectivity index (χ3v) is 5.09. The number of rotatable bonds is 7. The maximum Gasteiger partial charge on any atom is 0.306 e. The maximum atomic E-state index is 13.8. The molecule has 156 valence electrons. The van der Waals surface area contributed by atoms with Gasteiger partial charge in [-0.1, -0.05) is 78.3 Å². The third kappa shape index (κ3) is 5.01. The van der Waals surface area contributed by atoms with E-state index in [1.807, 2.05) is 60.7 Å². The molecule has 0 unspecified atom stereocenters. The average molecular weight is 436 g/mol. The van der Waals surface area contributed by atoms with Crippen LogP contribution in [0.3, 0.4) is 0 Å². The zero-order chi connectivity index (χ0) is 21.6. The standard InChI is InChI=1S/C25H19ClFNO3/c26-20-12-7-13-21(27)19(20)16-30-23(29)15-14-22-28-24(17-8-3-1-4-9-17)25(31-22)18-10-5-2-6-11-18/h1-13H,14-16H2. The van der Waals surface area contributed by atoms with Crippen LogP contribution in [0.4, 0.5) is 4.39 Å². The molecule has 0 bridgehead atoms. The molecule has 6 heteroatoms. The van der Waals surface area contributed by atoms with Crippen molar-refractivity contribution in [1.29, 1.82) is 0 Å². The van der Waals surface area contributed by atoms with Crippen LogP contribution in [-0.2, 0) is 22.6 Å². The number of halogens is 2. The van der Waals surface area contributed by atoms with Crippen molar-refractivity contribution in [2.24, 2.45) is 0 Å². The van der Waals surface area contributed by atoms with Gasteiger partial charge in [-0.25, -0.2) is 9.37 Å². The molecule has 0 N–H and O–H groups in total. The molecule has 4 rings (SSSR count). The lowest BCUT2D eigenvalue weighted by Crippen LogP contribution is -2.07. The van der Waals surface area contributed by atoms with Crippen LogP contribution >= 0.6 is 11.6 Å². The van der Waals surface area contributed by atoms with E-state index in [0.717, 1.165) is 11.1 Å². The monoisotopic (exact) mass is 435 g/mol. The molecule has 0 atom stereocenters. The topological polar surface area (TPSA) is 52.3 Å². The summed E-state index contributed by atoms with van der Waals surface area (Å²) in [6.07, 6.45) is 0.311. The molecule has 0 saturated heterocycles. The van der Waals surface area contributed by atoms with Crippen LogP contribution in [0.25, 0.3) is 22.6 Å². The summed E-state index contributed by atoms with van der Waals surface area (Å²) in [4.78, 5) is 16.8. The molecule has 1 heterocycles. The summed E-state index contributed by atoms with van der Waals surface area (Å²) >= 11 is 5.97. The van der Waals surface area contributed by atoms with Gasteiger partial charge in [0.05, 0.1) is 11.4 Å². The SMILES string of the molecule is O=C(CCc1nc(-c2ccccc2)c(-c2ccccc2)o1)OCc1c(F)cccc1Cl. The van der Waals surface area contributed by atoms with Gasteiger partial charge in [0, 0.05) is 23.1 Å². The van der Waals surface area contributed by atoms with Gasteiger partial charge in [-0.15, -0.1) is 0 Å². The molecule has 0 saturated carbocycles. The number of ether oxygens (including phenoxy) is 1. The molecule has 0 amide bonds. The van der Waals surface area contributed by atoms with Crippen LogP contribution in [0.15, 0.2) is 83.3 Å². The van der Waals surface area contributed by atoms with E-state index in [1.54, 1.807) is 6.07 Å². The second kappa shape index (κ2) is 9.58. The fourth-order valence-electron chi connectivity index (χ4n) is 3.15. The van der Waals surface area contributed by atoms with Crippen molar-refractivity contribution in [2.45, 2.75) is 19.4 Å². The summed E-state index contributed by atoms with van der Waals surface area (Å²) in [6, 6.07) is 23.7. The van der Waals surface area contributed by atoms with Crippen molar-refractivity contribution in [3.63, 3.8) is 0 Å². The molecule has 3 aromatic carbocycles. The van der Waals surface area contributed by atoms with Crippen molar-refractivity contribution in [3.05, 3.63) is 101 Å². The van der Waals surface area contributed by atoms with E-state index >= 15 is 0 Å². The molecule has 0 aliphatic rings. The summed E-state index contributed by atoms with van der Waals surface area (Å²) < 4.78 is 25.0. The average Bonchev–Trinajstić information content (AvgIpc) is 3.23. The summed E-state index contributed by atoms with van der Waals surface area (Å²) in [6.45, 7) is -0.222. The van der Waals surface area contributed by atoms with Gasteiger partial charge in [0.25, 0.3) is 0 Å². The number of aryl methyl sites for hydroxylation is 1. The van der Waals surface area contributed by atoms with E-state index in [4.69, 9.17) is 20.8 Å². The van der Waals surface area contributed by atoms with E-state index in [1.165, 1.54) is 12.1 Å². The Balaban J connectivity index is 1.47. The molecule has 4 aromatic rings. The highest BCUT2D eigenvalue weighted by atomic mass is 35.5. The highest BCUT2D eigenvalue weighted by Gasteiger charge is 2.18. The Morgan fingerprint density at radius 1 is 0.935 bits per heavy atom. The quantitative estimate of drug-likeness (QED) is 0.312. The second-order valence-corrected chi connectivity index (χ2v) is 7.29. The number of carbonyl (C=O) groups excluding carboxylic acids is 1. The minimum atomic E-state index is -0.506. The molecular formula is C25H19ClFNO3. The Hall–Kier alpha value is -3.44. The lowest BCUT2D eigenvalue weighted by Gasteiger charge is -2.07. The Labute approximate surface area is 184 Å². The molecule has 0 aliphatic carbocycles. The molecule has 0 aliphatic heterocycles. The highest BCUT2D eigenvalue weighted by molar-refractivity contribution is 6.31. The van der Waals surface area contributed by atoms with Crippen LogP contribution in [0.2, 0.25) is 5.02 Å². The van der Waals surface area contributed by atoms with Crippen molar-refractivity contribution in [2.75, 3.05) is 0 Å². The lowest BCUT2D eigenvalue weighted by atomic mass is 10.1. The lowest BCUT2D eigenvalue weighted by molar-refractivity contribution is -0.145. The first kappa shape index (κ1) is 20.8. The smallest absolute Gasteiger partial charge is 0.306 e. The van der Waals surface area contributed by atoms with Crippen LogP contribution in [0.1, 0.15) is 17.9 Å². The van der Waals surface area contributed by atoms with Gasteiger partial charge in [0.15, 0.2) is 11.7 Å². The van der Waals surface area contributed by atoms with Gasteiger partial charge >= 0.3 is 5.97 Å². The highest BCUT2D eigenvalue weighted by Crippen LogP contribution is 2.32. The van der Waals surface area contributed by atoms with Crippen LogP contribution in [0, 0.1) is 5.82 Å². The zero-order valence-electron chi connectivity index (χ0n) is 16.6. The molecule has 0 fully saturated rings. The second-order valence-electron chi connectivity index (χ2n) is 6.88. The Morgan fingerprint density at radius 2 is 1.61 bits per heavy atom. The fourth-order valence-corrected chi connectivity index (χ4v) is 3.37. The largest absolute Gasteiger partial charge is 0.461 e. The van der Waals surface area contributed by atoms with Crippen LogP contribution in [0.5, 0.6) is 0 Å². The number of nitrogens with zero attached hydrogens (tertiary/aromatic N) is 1. The van der Waals surface area contributed by atoms with Crippen LogP contribution in [-0.4, -0.2) is 11.0 Å². The number of oxazole rings is 1. The number of benzene rings is 3. The molecule has 31 heavy (non-hydrogen) atoms. The van der Waals surface area contributed by atoms with Gasteiger partial charge in [-0.05, 0) is 12.1 Å². The van der Waals surface area contributed by atoms with Crippen molar-refractivity contribution >= 4 is 17.6 Å². The molecule has 0 spiro atoms. The number of carbonyl (C=O) groups is 1. The molecule has 1 aromatic heterocycles. The van der Waals surface area contributed by atoms with Crippen molar-refractivity contribution < 1.29 is 18.3 Å². The first-order valence-corrected chi connectivity index (χ1v) is 10.2. The summed E-state index contributed by atoms with van der Waals surface area (Å²) in [7, 11) is 0. The molecule has 0 radical (unpaired) electrons. The Bertz CT molecular complexity index is 1100. The third-order valence-electron chi connectivity index (χ3n) is 4.74. The molecular weight excluding hydrogens is 417 g/mol. The predicted molar refractivity (Wildman–Crippen MR) is 117 cm³/mol. The molecule has 4 nitrogen and oxygen atoms in total. The van der Waals surface area contributed by atoms with Crippen LogP contribution < -0.4 is 0 Å². The minimum Gasteiger partial charge on any atom is -0.461 e. The zero-order valence-corrected chi connectivity index (χ0v) is 17.3. The van der Waals surface area contributed by atoms with E-state index in [-0.39, 0.29) is 30.0 Å². The van der Waals surface area contributed by atoms with E-state index < -0.39 is 11.8 Å². The normalized spacial score (nSPS) is 10.8. The van der Waals surface area contributed by atoms with Gasteiger partial charge in [-0.3, -0.25) is 4.79 Å². The summed E-state index contributed by atoms with van der Waals surface area (Å²) in [5.41, 5.74) is 2.70. The maximum absolute atomic E-state index is 13.8. The van der Waals surface area contributed by atoms with Gasteiger partial charge < -0.3 is 9.15 Å². The fraction of sp³-hybridized carbons (Fsp3) is 0.120. The Kier molecular flexibility index (Phi) is 6.43. The van der Waals surface area contributed by atoms with E-state index in [2.05, 4.69) is 4.98 Å². The first-order chi connectivity index (χ1) is 15.1. The van der Waals surface area contributed by atoms with Gasteiger partial charge in [0.1, 0.15) is 18.1 Å². The van der Waals surface area contributed by atoms with Crippen molar-refractivity contribution in [1.82, 2.24) is 4.98 Å². The summed E-state index contributed by atoms with van der Waals surface area (Å²) in [5, 5.41) is 0.223. The number of aromatic nitrogens is 1. The minimum absolute atomic E-state index is 0.0506. The Morgan fingerprint density at radius 3 is 2.29 bits per heavy atom. The summed E-state index contributed by atoms with van der Waals surface area (Å²) in [5.74, 6) is 0.0833. The number of hydrogen-bond donors (Lipinski definition) is 0. The number of esters is 1. The number of hydrogen-bond acceptors (Lipinski definition) is 4. The van der Waals surface area contributed by atoms with Crippen molar-refractivity contribution in [3.8, 4) is 22.6 Å². The first-order valence-electron chi connectivity index (χ1n) is 9.81. The van der Waals surface area contributed by atoms with Gasteiger partial charge in [0.2, 0.25) is 0 Å². The van der Waals surface area contributed by atoms with Gasteiger partial charge in [-0.2, -0.15) is 0 Å².